The molecular weight excluding hydrogens is 110 g/mol. The van der Waals surface area contributed by atoms with Gasteiger partial charge in [-0.1, -0.05) is 13.3 Å². The Morgan fingerprint density at radius 3 is 2.78 bits per heavy atom. The van der Waals surface area contributed by atoms with Crippen molar-refractivity contribution in [2.24, 2.45) is 5.92 Å². The van der Waals surface area contributed by atoms with Crippen LogP contribution in [0.25, 0.3) is 0 Å². The van der Waals surface area contributed by atoms with Gasteiger partial charge in [-0.05, 0) is 32.4 Å². The monoisotopic (exact) mass is 127 g/mol. The summed E-state index contributed by atoms with van der Waals surface area (Å²) in [6.07, 6.45) is 4.24. The fraction of sp³-hybridized carbons (Fsp3) is 1.00. The van der Waals surface area contributed by atoms with E-state index >= 15 is 0 Å². The molecule has 1 atom stereocenters. The van der Waals surface area contributed by atoms with Crippen molar-refractivity contribution in [3.8, 4) is 0 Å². The molecule has 1 unspecified atom stereocenters. The number of hydrogen-bond donors (Lipinski definition) is 0. The van der Waals surface area contributed by atoms with Crippen LogP contribution in [0.2, 0.25) is 0 Å². The SMILES string of the molecule is CCC1CCCN(C)C1. The molecule has 1 aliphatic heterocycles. The molecule has 0 aromatic rings. The van der Waals surface area contributed by atoms with Crippen LogP contribution in [0.4, 0.5) is 0 Å². The van der Waals surface area contributed by atoms with E-state index in [1.54, 1.807) is 0 Å². The molecule has 1 fully saturated rings. The Morgan fingerprint density at radius 2 is 2.33 bits per heavy atom. The molecule has 0 aromatic carbocycles. The molecule has 0 spiro atoms. The summed E-state index contributed by atoms with van der Waals surface area (Å²) in [6, 6.07) is 0. The van der Waals surface area contributed by atoms with E-state index in [0.717, 1.165) is 5.92 Å². The van der Waals surface area contributed by atoms with E-state index in [0.29, 0.717) is 0 Å². The first kappa shape index (κ1) is 7.07. The van der Waals surface area contributed by atoms with Crippen molar-refractivity contribution >= 4 is 0 Å². The molecule has 9 heavy (non-hydrogen) atoms. The molecule has 1 rings (SSSR count). The van der Waals surface area contributed by atoms with Gasteiger partial charge in [-0.3, -0.25) is 0 Å². The van der Waals surface area contributed by atoms with E-state index in [9.17, 15) is 0 Å². The summed E-state index contributed by atoms with van der Waals surface area (Å²) in [4.78, 5) is 2.44. The van der Waals surface area contributed by atoms with Crippen molar-refractivity contribution in [2.45, 2.75) is 26.2 Å². The zero-order chi connectivity index (χ0) is 6.69. The third-order valence-corrected chi connectivity index (χ3v) is 2.30. The van der Waals surface area contributed by atoms with Crippen LogP contribution < -0.4 is 0 Å². The lowest BCUT2D eigenvalue weighted by molar-refractivity contribution is 0.206. The summed E-state index contributed by atoms with van der Waals surface area (Å²) >= 11 is 0. The van der Waals surface area contributed by atoms with Crippen LogP contribution in [0.3, 0.4) is 0 Å². The minimum atomic E-state index is 0.990. The van der Waals surface area contributed by atoms with E-state index in [2.05, 4.69) is 18.9 Å². The summed E-state index contributed by atoms with van der Waals surface area (Å²) < 4.78 is 0. The second kappa shape index (κ2) is 3.21. The van der Waals surface area contributed by atoms with Crippen LogP contribution in [0.1, 0.15) is 26.2 Å². The highest BCUT2D eigenvalue weighted by molar-refractivity contribution is 4.68. The molecule has 0 aliphatic carbocycles. The van der Waals surface area contributed by atoms with Gasteiger partial charge in [0, 0.05) is 6.54 Å². The molecule has 0 N–H and O–H groups in total. The Morgan fingerprint density at radius 1 is 1.56 bits per heavy atom. The van der Waals surface area contributed by atoms with Gasteiger partial charge in [-0.15, -0.1) is 0 Å². The van der Waals surface area contributed by atoms with Gasteiger partial charge in [-0.2, -0.15) is 0 Å². The van der Waals surface area contributed by atoms with Crippen molar-refractivity contribution in [2.75, 3.05) is 20.1 Å². The summed E-state index contributed by atoms with van der Waals surface area (Å²) in [5, 5.41) is 0. The molecule has 0 amide bonds. The minimum absolute atomic E-state index is 0.990. The number of likely N-dealkylation sites (tertiary alicyclic amines) is 1. The van der Waals surface area contributed by atoms with Gasteiger partial charge >= 0.3 is 0 Å². The molecule has 1 heteroatoms. The molecule has 1 nitrogen and oxygen atoms in total. The number of piperidine rings is 1. The highest BCUT2D eigenvalue weighted by atomic mass is 15.1. The lowest BCUT2D eigenvalue weighted by atomic mass is 9.96. The normalized spacial score (nSPS) is 30.7. The van der Waals surface area contributed by atoms with Crippen LogP contribution in [0.5, 0.6) is 0 Å². The first-order valence-corrected chi connectivity index (χ1v) is 4.01. The maximum atomic E-state index is 2.44. The van der Waals surface area contributed by atoms with Crippen LogP contribution >= 0.6 is 0 Å². The first-order chi connectivity index (χ1) is 4.33. The van der Waals surface area contributed by atoms with Crippen molar-refractivity contribution < 1.29 is 0 Å². The van der Waals surface area contributed by atoms with Gasteiger partial charge in [0.15, 0.2) is 0 Å². The smallest absolute Gasteiger partial charge is 0.000651 e. The summed E-state index contributed by atoms with van der Waals surface area (Å²) in [7, 11) is 2.22. The Bertz CT molecular complexity index is 80.6. The number of hydrogen-bond acceptors (Lipinski definition) is 1. The zero-order valence-corrected chi connectivity index (χ0v) is 6.56. The number of rotatable bonds is 1. The fourth-order valence-corrected chi connectivity index (χ4v) is 1.61. The summed E-state index contributed by atoms with van der Waals surface area (Å²) in [5.74, 6) is 0.990. The predicted octanol–water partition coefficient (Wildman–Crippen LogP) is 1.74. The molecule has 0 radical (unpaired) electrons. The van der Waals surface area contributed by atoms with Crippen LogP contribution in [-0.4, -0.2) is 25.0 Å². The lowest BCUT2D eigenvalue weighted by Gasteiger charge is -2.28. The van der Waals surface area contributed by atoms with E-state index in [1.165, 1.54) is 32.4 Å². The van der Waals surface area contributed by atoms with E-state index in [-0.39, 0.29) is 0 Å². The van der Waals surface area contributed by atoms with Gasteiger partial charge < -0.3 is 4.90 Å². The Kier molecular flexibility index (Phi) is 2.52. The lowest BCUT2D eigenvalue weighted by Crippen LogP contribution is -2.31. The van der Waals surface area contributed by atoms with Gasteiger partial charge in [-0.25, -0.2) is 0 Å². The van der Waals surface area contributed by atoms with E-state index in [4.69, 9.17) is 0 Å². The van der Waals surface area contributed by atoms with Gasteiger partial charge in [0.1, 0.15) is 0 Å². The average Bonchev–Trinajstić information content (AvgIpc) is 1.88. The Hall–Kier alpha value is -0.0400. The maximum Gasteiger partial charge on any atom is 0.000651 e. The van der Waals surface area contributed by atoms with Crippen molar-refractivity contribution in [1.29, 1.82) is 0 Å². The molecule has 1 saturated heterocycles. The van der Waals surface area contributed by atoms with Gasteiger partial charge in [0.2, 0.25) is 0 Å². The predicted molar refractivity (Wildman–Crippen MR) is 40.5 cm³/mol. The quantitative estimate of drug-likeness (QED) is 0.518. The Labute approximate surface area is 58.0 Å². The van der Waals surface area contributed by atoms with Gasteiger partial charge in [0.25, 0.3) is 0 Å². The largest absolute Gasteiger partial charge is 0.306 e. The maximum absolute atomic E-state index is 2.44. The molecule has 0 saturated carbocycles. The van der Waals surface area contributed by atoms with Crippen molar-refractivity contribution in [1.82, 2.24) is 4.90 Å². The zero-order valence-electron chi connectivity index (χ0n) is 6.56. The van der Waals surface area contributed by atoms with Crippen molar-refractivity contribution in [3.63, 3.8) is 0 Å². The molecule has 0 aromatic heterocycles. The third kappa shape index (κ3) is 1.98. The Balaban J connectivity index is 2.23. The second-order valence-electron chi connectivity index (χ2n) is 3.18. The molecule has 1 heterocycles. The number of nitrogens with zero attached hydrogens (tertiary/aromatic N) is 1. The highest BCUT2D eigenvalue weighted by Gasteiger charge is 2.14. The van der Waals surface area contributed by atoms with Crippen LogP contribution in [-0.2, 0) is 0 Å². The standard InChI is InChI=1S/C8H17N/c1-3-8-5-4-6-9(2)7-8/h8H,3-7H2,1-2H3. The summed E-state index contributed by atoms with van der Waals surface area (Å²) in [5.41, 5.74) is 0. The van der Waals surface area contributed by atoms with E-state index < -0.39 is 0 Å². The third-order valence-electron chi connectivity index (χ3n) is 2.30. The highest BCUT2D eigenvalue weighted by Crippen LogP contribution is 2.17. The van der Waals surface area contributed by atoms with Gasteiger partial charge in [0.05, 0.1) is 0 Å². The summed E-state index contributed by atoms with van der Waals surface area (Å²) in [6.45, 7) is 4.94. The molecule has 1 aliphatic rings. The first-order valence-electron chi connectivity index (χ1n) is 4.01. The van der Waals surface area contributed by atoms with Crippen molar-refractivity contribution in [3.05, 3.63) is 0 Å². The van der Waals surface area contributed by atoms with Crippen LogP contribution in [0.15, 0.2) is 0 Å². The molecule has 0 bridgehead atoms. The molecule has 54 valence electrons. The fourth-order valence-electron chi connectivity index (χ4n) is 1.61. The molecular formula is C8H17N. The topological polar surface area (TPSA) is 3.24 Å². The minimum Gasteiger partial charge on any atom is -0.306 e. The van der Waals surface area contributed by atoms with E-state index in [1.807, 2.05) is 0 Å². The average molecular weight is 127 g/mol. The second-order valence-corrected chi connectivity index (χ2v) is 3.18. The van der Waals surface area contributed by atoms with Crippen LogP contribution in [0, 0.1) is 5.92 Å².